The molecule has 1 atom stereocenters. The summed E-state index contributed by atoms with van der Waals surface area (Å²) in [4.78, 5) is 24.8. The average Bonchev–Trinajstić information content (AvgIpc) is 3.05. The molecule has 2 N–H and O–H groups in total. The number of nitrogens with one attached hydrogen (secondary N) is 2. The van der Waals surface area contributed by atoms with Crippen molar-refractivity contribution in [2.45, 2.75) is 30.7 Å². The molecule has 5 nitrogen and oxygen atoms in total. The van der Waals surface area contributed by atoms with Gasteiger partial charge < -0.3 is 15.1 Å². The Hall–Kier alpha value is -2.21. The molecule has 1 aliphatic heterocycles. The van der Waals surface area contributed by atoms with Crippen molar-refractivity contribution in [2.24, 2.45) is 0 Å². The highest BCUT2D eigenvalue weighted by Gasteiger charge is 2.18. The molecule has 0 saturated heterocycles. The zero-order valence-electron chi connectivity index (χ0n) is 12.8. The Morgan fingerprint density at radius 3 is 3.09 bits per heavy atom. The van der Waals surface area contributed by atoms with Crippen LogP contribution in [0.25, 0.3) is 0 Å². The van der Waals surface area contributed by atoms with Crippen LogP contribution >= 0.6 is 11.8 Å². The van der Waals surface area contributed by atoms with Crippen LogP contribution in [0.2, 0.25) is 0 Å². The number of benzene rings is 1. The van der Waals surface area contributed by atoms with Crippen molar-refractivity contribution in [2.75, 3.05) is 11.1 Å². The summed E-state index contributed by atoms with van der Waals surface area (Å²) < 4.78 is 5.29. The van der Waals surface area contributed by atoms with Crippen LogP contribution < -0.4 is 10.6 Å². The molecule has 6 heteroatoms. The van der Waals surface area contributed by atoms with Crippen molar-refractivity contribution in [3.63, 3.8) is 0 Å². The molecule has 0 bridgehead atoms. The van der Waals surface area contributed by atoms with E-state index in [0.29, 0.717) is 17.0 Å². The van der Waals surface area contributed by atoms with E-state index < -0.39 is 0 Å². The van der Waals surface area contributed by atoms with Crippen LogP contribution in [-0.4, -0.2) is 23.6 Å². The highest BCUT2D eigenvalue weighted by Crippen LogP contribution is 2.31. The fourth-order valence-corrected chi connectivity index (χ4v) is 3.21. The fraction of sp³-hybridized carbons (Fsp3) is 0.294. The van der Waals surface area contributed by atoms with Gasteiger partial charge in [-0.15, -0.1) is 11.8 Å². The minimum atomic E-state index is -0.135. The summed E-state index contributed by atoms with van der Waals surface area (Å²) >= 11 is 1.48. The van der Waals surface area contributed by atoms with E-state index in [2.05, 4.69) is 10.6 Å². The van der Waals surface area contributed by atoms with Gasteiger partial charge in [-0.1, -0.05) is 0 Å². The van der Waals surface area contributed by atoms with Crippen LogP contribution in [0.5, 0.6) is 0 Å². The van der Waals surface area contributed by atoms with Gasteiger partial charge in [-0.25, -0.2) is 0 Å². The van der Waals surface area contributed by atoms with Gasteiger partial charge in [0.15, 0.2) is 0 Å². The summed E-state index contributed by atoms with van der Waals surface area (Å²) in [6.07, 6.45) is 3.24. The molecule has 2 aromatic rings. The Balaban J connectivity index is 1.59. The topological polar surface area (TPSA) is 71.3 Å². The molecule has 2 amide bonds. The molecule has 0 unspecified atom stereocenters. The first-order valence-corrected chi connectivity index (χ1v) is 8.50. The lowest BCUT2D eigenvalue weighted by molar-refractivity contribution is -0.113. The van der Waals surface area contributed by atoms with Gasteiger partial charge in [0, 0.05) is 22.9 Å². The summed E-state index contributed by atoms with van der Waals surface area (Å²) in [5.41, 5.74) is 1.26. The van der Waals surface area contributed by atoms with Gasteiger partial charge in [-0.2, -0.15) is 0 Å². The lowest BCUT2D eigenvalue weighted by Crippen LogP contribution is -2.33. The third kappa shape index (κ3) is 3.96. The van der Waals surface area contributed by atoms with Gasteiger partial charge in [0.1, 0.15) is 5.76 Å². The predicted octanol–water partition coefficient (Wildman–Crippen LogP) is 3.07. The highest BCUT2D eigenvalue weighted by atomic mass is 32.2. The number of carbonyl (C=O) groups is 2. The molecule has 0 saturated carbocycles. The first kappa shape index (κ1) is 15.7. The standard InChI is InChI=1S/C17H18N2O3S/c1-11(4-6-13-3-2-8-22-13)18-17(21)12-5-7-15-14(9-12)19-16(20)10-23-15/h2-3,5,7-9,11H,4,6,10H2,1H3,(H,18,21)(H,19,20)/t11-/m1/s1. The van der Waals surface area contributed by atoms with Gasteiger partial charge >= 0.3 is 0 Å². The molecule has 1 aromatic heterocycles. The molecule has 0 fully saturated rings. The van der Waals surface area contributed by atoms with E-state index in [1.165, 1.54) is 11.8 Å². The maximum absolute atomic E-state index is 12.3. The molecule has 0 radical (unpaired) electrons. The van der Waals surface area contributed by atoms with Crippen LogP contribution in [0.15, 0.2) is 45.9 Å². The van der Waals surface area contributed by atoms with Gasteiger partial charge in [0.05, 0.1) is 17.7 Å². The van der Waals surface area contributed by atoms with Crippen LogP contribution in [0.3, 0.4) is 0 Å². The Morgan fingerprint density at radius 2 is 2.30 bits per heavy atom. The number of hydrogen-bond acceptors (Lipinski definition) is 4. The van der Waals surface area contributed by atoms with E-state index >= 15 is 0 Å². The van der Waals surface area contributed by atoms with Crippen LogP contribution in [-0.2, 0) is 11.2 Å². The normalized spacial score (nSPS) is 14.7. The zero-order chi connectivity index (χ0) is 16.2. The number of anilines is 1. The van der Waals surface area contributed by atoms with Crippen LogP contribution in [0, 0.1) is 0 Å². The van der Waals surface area contributed by atoms with Crippen molar-refractivity contribution in [3.05, 3.63) is 47.9 Å². The lowest BCUT2D eigenvalue weighted by Gasteiger charge is -2.18. The Kier molecular flexibility index (Phi) is 4.71. The fourth-order valence-electron chi connectivity index (χ4n) is 2.42. The first-order valence-electron chi connectivity index (χ1n) is 7.52. The van der Waals surface area contributed by atoms with Gasteiger partial charge in [0.2, 0.25) is 5.91 Å². The second-order valence-corrected chi connectivity index (χ2v) is 6.56. The van der Waals surface area contributed by atoms with Crippen molar-refractivity contribution in [3.8, 4) is 0 Å². The predicted molar refractivity (Wildman–Crippen MR) is 89.8 cm³/mol. The van der Waals surface area contributed by atoms with Crippen molar-refractivity contribution < 1.29 is 14.0 Å². The van der Waals surface area contributed by atoms with Gasteiger partial charge in [-0.3, -0.25) is 9.59 Å². The number of fused-ring (bicyclic) bond motifs is 1. The number of rotatable bonds is 5. The number of aryl methyl sites for hydroxylation is 1. The smallest absolute Gasteiger partial charge is 0.251 e. The molecule has 120 valence electrons. The number of carbonyl (C=O) groups excluding carboxylic acids is 2. The Labute approximate surface area is 138 Å². The van der Waals surface area contributed by atoms with Crippen LogP contribution in [0.4, 0.5) is 5.69 Å². The Bertz CT molecular complexity index is 713. The quantitative estimate of drug-likeness (QED) is 0.884. The second kappa shape index (κ2) is 6.91. The van der Waals surface area contributed by atoms with E-state index in [-0.39, 0.29) is 17.9 Å². The maximum atomic E-state index is 12.3. The molecule has 3 rings (SSSR count). The van der Waals surface area contributed by atoms with E-state index in [9.17, 15) is 9.59 Å². The highest BCUT2D eigenvalue weighted by molar-refractivity contribution is 8.00. The molecular weight excluding hydrogens is 312 g/mol. The molecule has 1 aliphatic rings. The summed E-state index contributed by atoms with van der Waals surface area (Å²) in [5, 5.41) is 5.78. The molecular formula is C17H18N2O3S. The van der Waals surface area contributed by atoms with E-state index in [4.69, 9.17) is 4.42 Å². The molecule has 0 spiro atoms. The van der Waals surface area contributed by atoms with Crippen molar-refractivity contribution in [1.82, 2.24) is 5.32 Å². The number of hydrogen-bond donors (Lipinski definition) is 2. The lowest BCUT2D eigenvalue weighted by atomic mass is 10.1. The zero-order valence-corrected chi connectivity index (χ0v) is 13.6. The summed E-state index contributed by atoms with van der Waals surface area (Å²) in [6.45, 7) is 1.97. The summed E-state index contributed by atoms with van der Waals surface area (Å²) in [7, 11) is 0. The van der Waals surface area contributed by atoms with E-state index in [1.807, 2.05) is 25.1 Å². The molecule has 2 heterocycles. The first-order chi connectivity index (χ1) is 11.1. The van der Waals surface area contributed by atoms with Crippen molar-refractivity contribution >= 4 is 29.3 Å². The summed E-state index contributed by atoms with van der Waals surface area (Å²) in [5.74, 6) is 1.17. The van der Waals surface area contributed by atoms with Gasteiger partial charge in [0.25, 0.3) is 5.91 Å². The number of amides is 2. The SMILES string of the molecule is C[C@H](CCc1ccco1)NC(=O)c1ccc2c(c1)NC(=O)CS2. The minimum Gasteiger partial charge on any atom is -0.469 e. The van der Waals surface area contributed by atoms with E-state index in [0.717, 1.165) is 23.5 Å². The maximum Gasteiger partial charge on any atom is 0.251 e. The molecule has 1 aromatic carbocycles. The van der Waals surface area contributed by atoms with E-state index in [1.54, 1.807) is 18.4 Å². The number of thioether (sulfide) groups is 1. The van der Waals surface area contributed by atoms with Crippen molar-refractivity contribution in [1.29, 1.82) is 0 Å². The second-order valence-electron chi connectivity index (χ2n) is 5.54. The monoisotopic (exact) mass is 330 g/mol. The molecule has 0 aliphatic carbocycles. The average molecular weight is 330 g/mol. The number of furan rings is 1. The summed E-state index contributed by atoms with van der Waals surface area (Å²) in [6, 6.07) is 9.22. The van der Waals surface area contributed by atoms with Crippen LogP contribution in [0.1, 0.15) is 29.5 Å². The molecule has 23 heavy (non-hydrogen) atoms. The largest absolute Gasteiger partial charge is 0.469 e. The minimum absolute atomic E-state index is 0.0348. The Morgan fingerprint density at radius 1 is 1.43 bits per heavy atom. The van der Waals surface area contributed by atoms with Gasteiger partial charge in [-0.05, 0) is 43.7 Å². The third-order valence-electron chi connectivity index (χ3n) is 3.66. The third-order valence-corrected chi connectivity index (χ3v) is 4.73.